The van der Waals surface area contributed by atoms with Gasteiger partial charge in [0.05, 0.1) is 11.5 Å². The maximum atomic E-state index is 12.7. The standard InChI is InChI=1S/C24H18BrN3O7S/c1-2-34-23-14-16(13-17(15-26)24(29)27-19-6-4-18(25)5-7-19)3-12-22(23)35-36(32,33)21-10-8-20(9-11-21)28(30)31/h3-14H,2H2,1H3,(H,27,29)/b17-13-. The lowest BCUT2D eigenvalue weighted by Crippen LogP contribution is -2.13. The number of anilines is 1. The molecule has 3 aromatic carbocycles. The Morgan fingerprint density at radius 1 is 1.11 bits per heavy atom. The van der Waals surface area contributed by atoms with Gasteiger partial charge in [0.25, 0.3) is 11.6 Å². The van der Waals surface area contributed by atoms with Crippen molar-refractivity contribution in [2.24, 2.45) is 0 Å². The van der Waals surface area contributed by atoms with Crippen molar-refractivity contribution in [2.45, 2.75) is 11.8 Å². The monoisotopic (exact) mass is 571 g/mol. The van der Waals surface area contributed by atoms with Gasteiger partial charge in [-0.1, -0.05) is 22.0 Å². The number of non-ortho nitro benzene ring substituents is 1. The van der Waals surface area contributed by atoms with Gasteiger partial charge in [0.15, 0.2) is 11.5 Å². The lowest BCUT2D eigenvalue weighted by atomic mass is 10.1. The molecule has 0 fully saturated rings. The molecule has 0 bridgehead atoms. The molecule has 36 heavy (non-hydrogen) atoms. The summed E-state index contributed by atoms with van der Waals surface area (Å²) in [6.07, 6.45) is 1.32. The van der Waals surface area contributed by atoms with Crippen LogP contribution in [0.4, 0.5) is 11.4 Å². The number of carbonyl (C=O) groups is 1. The van der Waals surface area contributed by atoms with Crippen LogP contribution in [0, 0.1) is 21.4 Å². The van der Waals surface area contributed by atoms with E-state index in [-0.39, 0.29) is 34.3 Å². The highest BCUT2D eigenvalue weighted by Gasteiger charge is 2.21. The van der Waals surface area contributed by atoms with Crippen LogP contribution in [0.25, 0.3) is 6.08 Å². The minimum atomic E-state index is -4.33. The number of nitro benzene ring substituents is 1. The minimum absolute atomic E-state index is 0.0577. The van der Waals surface area contributed by atoms with Crippen LogP contribution in [-0.4, -0.2) is 25.9 Å². The van der Waals surface area contributed by atoms with E-state index in [0.717, 1.165) is 28.7 Å². The number of nitrogens with zero attached hydrogens (tertiary/aromatic N) is 2. The lowest BCUT2D eigenvalue weighted by molar-refractivity contribution is -0.384. The second-order valence-corrected chi connectivity index (χ2v) is 9.52. The third-order valence-corrected chi connectivity index (χ3v) is 6.36. The van der Waals surface area contributed by atoms with E-state index in [9.17, 15) is 28.6 Å². The molecule has 184 valence electrons. The minimum Gasteiger partial charge on any atom is -0.490 e. The summed E-state index contributed by atoms with van der Waals surface area (Å²) in [7, 11) is -4.33. The van der Waals surface area contributed by atoms with E-state index in [4.69, 9.17) is 8.92 Å². The molecular formula is C24H18BrN3O7S. The molecule has 0 aliphatic heterocycles. The molecule has 1 amide bonds. The zero-order valence-electron chi connectivity index (χ0n) is 18.7. The summed E-state index contributed by atoms with van der Waals surface area (Å²) in [5, 5.41) is 22.9. The van der Waals surface area contributed by atoms with Gasteiger partial charge in [0.1, 0.15) is 16.5 Å². The van der Waals surface area contributed by atoms with Gasteiger partial charge in [-0.3, -0.25) is 14.9 Å². The van der Waals surface area contributed by atoms with Gasteiger partial charge >= 0.3 is 10.1 Å². The summed E-state index contributed by atoms with van der Waals surface area (Å²) < 4.78 is 36.9. The van der Waals surface area contributed by atoms with Crippen LogP contribution < -0.4 is 14.2 Å². The highest BCUT2D eigenvalue weighted by atomic mass is 79.9. The Morgan fingerprint density at radius 3 is 2.36 bits per heavy atom. The van der Waals surface area contributed by atoms with E-state index >= 15 is 0 Å². The number of halogens is 1. The Kier molecular flexibility index (Phi) is 8.42. The molecule has 0 saturated heterocycles. The van der Waals surface area contributed by atoms with Crippen LogP contribution in [0.2, 0.25) is 0 Å². The van der Waals surface area contributed by atoms with Crippen LogP contribution in [0.15, 0.2) is 81.7 Å². The molecular weight excluding hydrogens is 554 g/mol. The van der Waals surface area contributed by atoms with Crippen molar-refractivity contribution < 1.29 is 27.1 Å². The van der Waals surface area contributed by atoms with Gasteiger partial charge in [0.2, 0.25) is 0 Å². The van der Waals surface area contributed by atoms with Crippen molar-refractivity contribution in [2.75, 3.05) is 11.9 Å². The average molecular weight is 572 g/mol. The first-order chi connectivity index (χ1) is 17.1. The molecule has 0 aliphatic carbocycles. The van der Waals surface area contributed by atoms with Crippen LogP contribution in [0.3, 0.4) is 0 Å². The number of benzene rings is 3. The van der Waals surface area contributed by atoms with Crippen molar-refractivity contribution in [1.29, 1.82) is 5.26 Å². The average Bonchev–Trinajstić information content (AvgIpc) is 2.85. The summed E-state index contributed by atoms with van der Waals surface area (Å²) in [4.78, 5) is 22.4. The zero-order valence-corrected chi connectivity index (χ0v) is 21.1. The van der Waals surface area contributed by atoms with Crippen molar-refractivity contribution in [3.05, 3.63) is 92.5 Å². The van der Waals surface area contributed by atoms with Gasteiger partial charge < -0.3 is 14.2 Å². The summed E-state index contributed by atoms with van der Waals surface area (Å²) in [5.41, 5.74) is 0.436. The number of nitrogens with one attached hydrogen (secondary N) is 1. The number of hydrogen-bond acceptors (Lipinski definition) is 8. The first kappa shape index (κ1) is 26.4. The first-order valence-corrected chi connectivity index (χ1v) is 12.5. The predicted octanol–water partition coefficient (Wildman–Crippen LogP) is 5.07. The molecule has 0 saturated carbocycles. The molecule has 3 rings (SSSR count). The van der Waals surface area contributed by atoms with Crippen molar-refractivity contribution in [3.8, 4) is 17.6 Å². The fourth-order valence-corrected chi connectivity index (χ4v) is 4.10. The van der Waals surface area contributed by atoms with Crippen LogP contribution in [-0.2, 0) is 14.9 Å². The third-order valence-electron chi connectivity index (χ3n) is 4.58. The number of nitro groups is 1. The van der Waals surface area contributed by atoms with Gasteiger partial charge in [-0.15, -0.1) is 0 Å². The highest BCUT2D eigenvalue weighted by Crippen LogP contribution is 2.32. The normalized spacial score (nSPS) is 11.3. The van der Waals surface area contributed by atoms with E-state index in [1.54, 1.807) is 31.2 Å². The van der Waals surface area contributed by atoms with E-state index in [0.29, 0.717) is 11.3 Å². The van der Waals surface area contributed by atoms with E-state index in [1.165, 1.54) is 24.3 Å². The van der Waals surface area contributed by atoms with Crippen molar-refractivity contribution >= 4 is 49.4 Å². The first-order valence-electron chi connectivity index (χ1n) is 10.3. The van der Waals surface area contributed by atoms with Gasteiger partial charge in [-0.2, -0.15) is 13.7 Å². The maximum Gasteiger partial charge on any atom is 0.339 e. The van der Waals surface area contributed by atoms with Gasteiger partial charge in [-0.05, 0) is 67.1 Å². The SMILES string of the molecule is CCOc1cc(/C=C(/C#N)C(=O)Nc2ccc(Br)cc2)ccc1OS(=O)(=O)c1ccc([N+](=O)[O-])cc1. The van der Waals surface area contributed by atoms with E-state index in [2.05, 4.69) is 21.2 Å². The Balaban J connectivity index is 1.86. The number of ether oxygens (including phenoxy) is 1. The smallest absolute Gasteiger partial charge is 0.339 e. The second-order valence-electron chi connectivity index (χ2n) is 7.06. The lowest BCUT2D eigenvalue weighted by Gasteiger charge is -2.13. The number of hydrogen-bond donors (Lipinski definition) is 1. The number of carbonyl (C=O) groups excluding carboxylic acids is 1. The van der Waals surface area contributed by atoms with Gasteiger partial charge in [0, 0.05) is 22.3 Å². The van der Waals surface area contributed by atoms with Gasteiger partial charge in [-0.25, -0.2) is 0 Å². The molecule has 0 atom stereocenters. The zero-order chi connectivity index (χ0) is 26.3. The molecule has 10 nitrogen and oxygen atoms in total. The maximum absolute atomic E-state index is 12.7. The van der Waals surface area contributed by atoms with Crippen LogP contribution >= 0.6 is 15.9 Å². The van der Waals surface area contributed by atoms with Crippen molar-refractivity contribution in [1.82, 2.24) is 0 Å². The summed E-state index contributed by atoms with van der Waals surface area (Å²) in [6, 6.07) is 17.1. The summed E-state index contributed by atoms with van der Waals surface area (Å²) in [6.45, 7) is 1.86. The Morgan fingerprint density at radius 2 is 1.78 bits per heavy atom. The molecule has 1 N–H and O–H groups in total. The second kappa shape index (κ2) is 11.5. The molecule has 0 spiro atoms. The predicted molar refractivity (Wildman–Crippen MR) is 135 cm³/mol. The number of amides is 1. The molecule has 0 aliphatic rings. The molecule has 0 unspecified atom stereocenters. The summed E-state index contributed by atoms with van der Waals surface area (Å²) >= 11 is 3.30. The number of rotatable bonds is 9. The Labute approximate surface area is 215 Å². The van der Waals surface area contributed by atoms with Crippen LogP contribution in [0.1, 0.15) is 12.5 Å². The largest absolute Gasteiger partial charge is 0.490 e. The fraction of sp³-hybridized carbons (Fsp3) is 0.0833. The fourth-order valence-electron chi connectivity index (χ4n) is 2.90. The van der Waals surface area contributed by atoms with Crippen LogP contribution in [0.5, 0.6) is 11.5 Å². The number of nitriles is 1. The Bertz CT molecular complexity index is 1460. The quantitative estimate of drug-likeness (QED) is 0.123. The van der Waals surface area contributed by atoms with E-state index in [1.807, 2.05) is 6.07 Å². The topological polar surface area (TPSA) is 149 Å². The molecule has 3 aromatic rings. The molecule has 0 aromatic heterocycles. The highest BCUT2D eigenvalue weighted by molar-refractivity contribution is 9.10. The Hall–Kier alpha value is -4.21. The van der Waals surface area contributed by atoms with E-state index < -0.39 is 20.9 Å². The molecule has 12 heteroatoms. The summed E-state index contributed by atoms with van der Waals surface area (Å²) in [5.74, 6) is -0.702. The third kappa shape index (κ3) is 6.68. The molecule has 0 heterocycles. The van der Waals surface area contributed by atoms with Crippen molar-refractivity contribution in [3.63, 3.8) is 0 Å². The molecule has 0 radical (unpaired) electrons.